The van der Waals surface area contributed by atoms with Gasteiger partial charge in [-0.1, -0.05) is 55.0 Å². The van der Waals surface area contributed by atoms with Crippen LogP contribution in [0, 0.1) is 0 Å². The van der Waals surface area contributed by atoms with Crippen molar-refractivity contribution in [1.29, 1.82) is 0 Å². The van der Waals surface area contributed by atoms with E-state index in [1.54, 1.807) is 4.90 Å². The van der Waals surface area contributed by atoms with E-state index >= 15 is 0 Å². The molecule has 4 aliphatic heterocycles. The number of nitrogens with one attached hydrogen (secondary N) is 2. The number of rotatable bonds is 8. The maximum atomic E-state index is 13.9. The van der Waals surface area contributed by atoms with E-state index in [2.05, 4.69) is 15.5 Å². The molecular weight excluding hydrogens is 568 g/mol. The third-order valence-corrected chi connectivity index (χ3v) is 10.0. The van der Waals surface area contributed by atoms with Crippen LogP contribution in [0.4, 0.5) is 10.5 Å². The van der Waals surface area contributed by atoms with Crippen LogP contribution in [0.2, 0.25) is 0 Å². The van der Waals surface area contributed by atoms with Gasteiger partial charge in [-0.05, 0) is 68.8 Å². The molecule has 240 valence electrons. The van der Waals surface area contributed by atoms with E-state index in [0.29, 0.717) is 51.6 Å². The predicted molar refractivity (Wildman–Crippen MR) is 172 cm³/mol. The van der Waals surface area contributed by atoms with Gasteiger partial charge in [0.25, 0.3) is 0 Å². The Kier molecular flexibility index (Phi) is 9.98. The van der Waals surface area contributed by atoms with Crippen molar-refractivity contribution >= 4 is 29.4 Å². The van der Waals surface area contributed by atoms with E-state index in [1.165, 1.54) is 19.3 Å². The topological polar surface area (TPSA) is 105 Å². The molecule has 45 heavy (non-hydrogen) atoms. The maximum absolute atomic E-state index is 13.9. The molecule has 0 saturated carbocycles. The number of urea groups is 1. The standard InChI is InChI=1S/C35H46N6O4/c42-32(23-26-9-3-1-4-10-26)36-31(34(44)40-21-13-28(14-22-40)38-17-7-2-8-18-38)24-33(43)39-19-15-29(16-20-39)41-25-27-11-5-6-12-30(27)37-35(41)45/h1,3-6,9-12,28-29,31H,2,7-8,13-25H2,(H,36,42)(H,37,45)/t31-/m0/s1. The Morgan fingerprint density at radius 2 is 1.42 bits per heavy atom. The van der Waals surface area contributed by atoms with E-state index in [-0.39, 0.29) is 42.6 Å². The second-order valence-corrected chi connectivity index (χ2v) is 13.0. The summed E-state index contributed by atoms with van der Waals surface area (Å²) >= 11 is 0. The van der Waals surface area contributed by atoms with E-state index < -0.39 is 6.04 Å². The Labute approximate surface area is 266 Å². The highest BCUT2D eigenvalue weighted by molar-refractivity contribution is 5.93. The van der Waals surface area contributed by atoms with Gasteiger partial charge in [0.15, 0.2) is 0 Å². The maximum Gasteiger partial charge on any atom is 0.322 e. The number of para-hydroxylation sites is 1. The summed E-state index contributed by atoms with van der Waals surface area (Å²) in [5.41, 5.74) is 2.80. The fourth-order valence-electron chi connectivity index (χ4n) is 7.43. The third-order valence-electron chi connectivity index (χ3n) is 10.0. The van der Waals surface area contributed by atoms with Crippen LogP contribution in [0.5, 0.6) is 0 Å². The number of fused-ring (bicyclic) bond motifs is 1. The number of hydrogen-bond acceptors (Lipinski definition) is 5. The molecule has 2 aromatic rings. The van der Waals surface area contributed by atoms with Gasteiger partial charge in [-0.2, -0.15) is 0 Å². The quantitative estimate of drug-likeness (QED) is 0.473. The van der Waals surface area contributed by atoms with Gasteiger partial charge in [-0.25, -0.2) is 4.79 Å². The first-order valence-electron chi connectivity index (χ1n) is 16.7. The molecular formula is C35H46N6O4. The first kappa shape index (κ1) is 31.1. The van der Waals surface area contributed by atoms with Crippen molar-refractivity contribution in [2.45, 2.75) is 82.5 Å². The summed E-state index contributed by atoms with van der Waals surface area (Å²) in [5.74, 6) is -0.561. The smallest absolute Gasteiger partial charge is 0.322 e. The molecule has 2 aromatic carbocycles. The zero-order chi connectivity index (χ0) is 31.2. The number of carbonyl (C=O) groups excluding carboxylic acids is 4. The predicted octanol–water partition coefficient (Wildman–Crippen LogP) is 3.62. The van der Waals surface area contributed by atoms with Gasteiger partial charge in [0.1, 0.15) is 6.04 Å². The van der Waals surface area contributed by atoms with Crippen molar-refractivity contribution in [3.63, 3.8) is 0 Å². The molecule has 5 amide bonds. The lowest BCUT2D eigenvalue weighted by atomic mass is 9.98. The molecule has 3 saturated heterocycles. The van der Waals surface area contributed by atoms with Crippen molar-refractivity contribution in [2.75, 3.05) is 44.6 Å². The normalized spacial score (nSPS) is 20.7. The van der Waals surface area contributed by atoms with Crippen LogP contribution in [-0.2, 0) is 27.3 Å². The van der Waals surface area contributed by atoms with Crippen molar-refractivity contribution in [3.05, 3.63) is 65.7 Å². The lowest BCUT2D eigenvalue weighted by Crippen LogP contribution is -2.55. The Balaban J connectivity index is 1.06. The molecule has 0 aliphatic carbocycles. The van der Waals surface area contributed by atoms with Crippen molar-refractivity contribution in [2.24, 2.45) is 0 Å². The summed E-state index contributed by atoms with van der Waals surface area (Å²) in [4.78, 5) is 61.5. The van der Waals surface area contributed by atoms with Gasteiger partial charge in [0, 0.05) is 50.5 Å². The molecule has 0 spiro atoms. The Morgan fingerprint density at radius 3 is 2.16 bits per heavy atom. The van der Waals surface area contributed by atoms with Gasteiger partial charge >= 0.3 is 6.03 Å². The zero-order valence-corrected chi connectivity index (χ0v) is 26.2. The number of benzene rings is 2. The first-order chi connectivity index (χ1) is 21.9. The average Bonchev–Trinajstić information content (AvgIpc) is 3.08. The van der Waals surface area contributed by atoms with Crippen molar-refractivity contribution in [3.8, 4) is 0 Å². The number of piperidine rings is 3. The van der Waals surface area contributed by atoms with Gasteiger partial charge in [0.05, 0.1) is 12.8 Å². The number of carbonyl (C=O) groups is 4. The minimum Gasteiger partial charge on any atom is -0.343 e. The third kappa shape index (κ3) is 7.66. The monoisotopic (exact) mass is 614 g/mol. The zero-order valence-electron chi connectivity index (χ0n) is 26.2. The van der Waals surface area contributed by atoms with Gasteiger partial charge in [-0.15, -0.1) is 0 Å². The Morgan fingerprint density at radius 1 is 0.778 bits per heavy atom. The molecule has 4 aliphatic rings. The summed E-state index contributed by atoms with van der Waals surface area (Å²) < 4.78 is 0. The van der Waals surface area contributed by atoms with Gasteiger partial charge in [0.2, 0.25) is 17.7 Å². The van der Waals surface area contributed by atoms with Crippen LogP contribution in [0.3, 0.4) is 0 Å². The van der Waals surface area contributed by atoms with Crippen LogP contribution >= 0.6 is 0 Å². The van der Waals surface area contributed by atoms with E-state index in [0.717, 1.165) is 42.7 Å². The van der Waals surface area contributed by atoms with Gasteiger partial charge < -0.3 is 30.2 Å². The number of nitrogens with zero attached hydrogens (tertiary/aromatic N) is 4. The van der Waals surface area contributed by atoms with Crippen molar-refractivity contribution < 1.29 is 19.2 Å². The highest BCUT2D eigenvalue weighted by atomic mass is 16.2. The van der Waals surface area contributed by atoms with Crippen LogP contribution in [-0.4, -0.2) is 101 Å². The lowest BCUT2D eigenvalue weighted by Gasteiger charge is -2.41. The molecule has 4 heterocycles. The van der Waals surface area contributed by atoms with E-state index in [4.69, 9.17) is 0 Å². The first-order valence-corrected chi connectivity index (χ1v) is 16.7. The molecule has 10 heteroatoms. The fourth-order valence-corrected chi connectivity index (χ4v) is 7.43. The molecule has 0 unspecified atom stereocenters. The SMILES string of the molecule is O=C(Cc1ccccc1)N[C@@H](CC(=O)N1CCC(N2Cc3ccccc3NC2=O)CC1)C(=O)N1CCC(N2CCCCC2)CC1. The summed E-state index contributed by atoms with van der Waals surface area (Å²) in [6, 6.07) is 16.8. The number of amides is 5. The minimum absolute atomic E-state index is 0.0339. The molecule has 6 rings (SSSR count). The Bertz CT molecular complexity index is 1350. The highest BCUT2D eigenvalue weighted by Gasteiger charge is 2.36. The summed E-state index contributed by atoms with van der Waals surface area (Å²) in [7, 11) is 0. The number of hydrogen-bond donors (Lipinski definition) is 2. The number of anilines is 1. The molecule has 10 nitrogen and oxygen atoms in total. The minimum atomic E-state index is -0.901. The van der Waals surface area contributed by atoms with Crippen molar-refractivity contribution in [1.82, 2.24) is 24.9 Å². The van der Waals surface area contributed by atoms with E-state index in [1.807, 2.05) is 64.4 Å². The van der Waals surface area contributed by atoms with Crippen LogP contribution in [0.15, 0.2) is 54.6 Å². The van der Waals surface area contributed by atoms with Crippen LogP contribution in [0.25, 0.3) is 0 Å². The number of likely N-dealkylation sites (tertiary alicyclic amines) is 3. The van der Waals surface area contributed by atoms with E-state index in [9.17, 15) is 19.2 Å². The van der Waals surface area contributed by atoms with Gasteiger partial charge in [-0.3, -0.25) is 14.4 Å². The molecule has 0 radical (unpaired) electrons. The summed E-state index contributed by atoms with van der Waals surface area (Å²) in [6.07, 6.45) is 7.07. The second kappa shape index (κ2) is 14.5. The molecule has 1 atom stereocenters. The highest BCUT2D eigenvalue weighted by Crippen LogP contribution is 2.28. The largest absolute Gasteiger partial charge is 0.343 e. The molecule has 0 bridgehead atoms. The average molecular weight is 615 g/mol. The summed E-state index contributed by atoms with van der Waals surface area (Å²) in [6.45, 7) is 5.13. The fraction of sp³-hybridized carbons (Fsp3) is 0.543. The molecule has 3 fully saturated rings. The summed E-state index contributed by atoms with van der Waals surface area (Å²) in [5, 5.41) is 5.92. The lowest BCUT2D eigenvalue weighted by molar-refractivity contribution is -0.142. The van der Waals surface area contributed by atoms with Crippen LogP contribution < -0.4 is 10.6 Å². The Hall–Kier alpha value is -3.92. The molecule has 2 N–H and O–H groups in total. The molecule has 0 aromatic heterocycles. The van der Waals surface area contributed by atoms with Crippen LogP contribution in [0.1, 0.15) is 62.5 Å². The second-order valence-electron chi connectivity index (χ2n) is 13.0.